The molecule has 6 nitrogen and oxygen atoms in total. The van der Waals surface area contributed by atoms with Crippen LogP contribution >= 0.6 is 0 Å². The van der Waals surface area contributed by atoms with Gasteiger partial charge in [0.25, 0.3) is 0 Å². The fourth-order valence-electron chi connectivity index (χ4n) is 5.55. The van der Waals surface area contributed by atoms with Gasteiger partial charge in [-0.25, -0.2) is 4.79 Å². The SMILES string of the molecule is O=C(Nc1ccccc1-c1ccccc1)O[C@H]1C[C@@H]2CN(CCOc3ccc(CCO)cc3)C[C@@H]2C1. The quantitative estimate of drug-likeness (QED) is 0.434. The maximum atomic E-state index is 12.7. The molecule has 3 aromatic carbocycles. The molecule has 2 fully saturated rings. The smallest absolute Gasteiger partial charge is 0.411 e. The number of carbonyl (C=O) groups excluding carboxylic acids is 1. The highest BCUT2D eigenvalue weighted by Gasteiger charge is 2.42. The van der Waals surface area contributed by atoms with Gasteiger partial charge in [-0.15, -0.1) is 0 Å². The molecule has 0 radical (unpaired) electrons. The Hall–Kier alpha value is -3.35. The molecule has 1 saturated heterocycles. The summed E-state index contributed by atoms with van der Waals surface area (Å²) in [6.45, 7) is 3.77. The summed E-state index contributed by atoms with van der Waals surface area (Å²) in [6.07, 6.45) is 2.10. The van der Waals surface area contributed by atoms with Crippen molar-refractivity contribution >= 4 is 11.8 Å². The summed E-state index contributed by atoms with van der Waals surface area (Å²) in [5.74, 6) is 2.00. The van der Waals surface area contributed by atoms with Crippen LogP contribution in [0.15, 0.2) is 78.9 Å². The van der Waals surface area contributed by atoms with Crippen LogP contribution in [-0.4, -0.2) is 55.1 Å². The highest BCUT2D eigenvalue weighted by atomic mass is 16.6. The second-order valence-electron chi connectivity index (χ2n) is 9.78. The van der Waals surface area contributed by atoms with Crippen LogP contribution in [0, 0.1) is 11.8 Å². The molecular weight excluding hydrogens is 452 g/mol. The average molecular weight is 487 g/mol. The van der Waals surface area contributed by atoms with Crippen LogP contribution in [0.25, 0.3) is 11.1 Å². The molecule has 2 N–H and O–H groups in total. The zero-order valence-corrected chi connectivity index (χ0v) is 20.5. The van der Waals surface area contributed by atoms with E-state index in [0.29, 0.717) is 24.9 Å². The molecule has 188 valence electrons. The summed E-state index contributed by atoms with van der Waals surface area (Å²) < 4.78 is 11.7. The molecule has 0 bridgehead atoms. The van der Waals surface area contributed by atoms with Gasteiger partial charge < -0.3 is 14.6 Å². The molecule has 1 aliphatic carbocycles. The summed E-state index contributed by atoms with van der Waals surface area (Å²) in [5, 5.41) is 12.0. The van der Waals surface area contributed by atoms with E-state index in [1.807, 2.05) is 78.9 Å². The fraction of sp³-hybridized carbons (Fsp3) is 0.367. The maximum Gasteiger partial charge on any atom is 0.411 e. The topological polar surface area (TPSA) is 71.0 Å². The number of ether oxygens (including phenoxy) is 2. The van der Waals surface area contributed by atoms with Crippen LogP contribution in [-0.2, 0) is 11.2 Å². The van der Waals surface area contributed by atoms with Gasteiger partial charge in [0, 0.05) is 31.8 Å². The van der Waals surface area contributed by atoms with Crippen LogP contribution < -0.4 is 10.1 Å². The molecule has 0 unspecified atom stereocenters. The number of para-hydroxylation sites is 1. The minimum absolute atomic E-state index is 0.0280. The number of rotatable bonds is 9. The van der Waals surface area contributed by atoms with Gasteiger partial charge in [-0.3, -0.25) is 10.2 Å². The first kappa shape index (κ1) is 24.3. The average Bonchev–Trinajstić information content (AvgIpc) is 3.44. The van der Waals surface area contributed by atoms with Gasteiger partial charge in [0.2, 0.25) is 0 Å². The van der Waals surface area contributed by atoms with Crippen molar-refractivity contribution in [2.45, 2.75) is 25.4 Å². The van der Waals surface area contributed by atoms with Crippen LogP contribution in [0.1, 0.15) is 18.4 Å². The Balaban J connectivity index is 1.05. The van der Waals surface area contributed by atoms with Crippen LogP contribution in [0.5, 0.6) is 5.75 Å². The summed E-state index contributed by atoms with van der Waals surface area (Å²) in [4.78, 5) is 15.2. The second-order valence-corrected chi connectivity index (χ2v) is 9.78. The fourth-order valence-corrected chi connectivity index (χ4v) is 5.55. The number of aliphatic hydroxyl groups excluding tert-OH is 1. The number of anilines is 1. The number of hydrogen-bond donors (Lipinski definition) is 2. The Labute approximate surface area is 212 Å². The van der Waals surface area contributed by atoms with E-state index in [1.165, 1.54) is 0 Å². The zero-order valence-electron chi connectivity index (χ0n) is 20.5. The minimum Gasteiger partial charge on any atom is -0.492 e. The van der Waals surface area contributed by atoms with Gasteiger partial charge in [0.15, 0.2) is 0 Å². The monoisotopic (exact) mass is 486 g/mol. The first-order valence-electron chi connectivity index (χ1n) is 12.8. The van der Waals surface area contributed by atoms with Gasteiger partial charge in [0.1, 0.15) is 18.5 Å². The lowest BCUT2D eigenvalue weighted by molar-refractivity contribution is 0.105. The van der Waals surface area contributed by atoms with Gasteiger partial charge in [0.05, 0.1) is 5.69 Å². The van der Waals surface area contributed by atoms with Crippen molar-refractivity contribution in [2.75, 3.05) is 38.2 Å². The van der Waals surface area contributed by atoms with E-state index in [-0.39, 0.29) is 18.8 Å². The molecule has 1 saturated carbocycles. The Morgan fingerprint density at radius 2 is 1.61 bits per heavy atom. The number of amides is 1. The van der Waals surface area contributed by atoms with Gasteiger partial charge in [-0.05, 0) is 60.4 Å². The van der Waals surface area contributed by atoms with E-state index in [4.69, 9.17) is 14.6 Å². The normalized spacial score (nSPS) is 21.2. The third-order valence-corrected chi connectivity index (χ3v) is 7.31. The summed E-state index contributed by atoms with van der Waals surface area (Å²) in [5.41, 5.74) is 3.92. The Kier molecular flexibility index (Phi) is 7.84. The Morgan fingerprint density at radius 3 is 2.33 bits per heavy atom. The third-order valence-electron chi connectivity index (χ3n) is 7.31. The molecule has 3 aromatic rings. The molecule has 6 heteroatoms. The van der Waals surface area contributed by atoms with Gasteiger partial charge in [-0.1, -0.05) is 60.7 Å². The summed E-state index contributed by atoms with van der Waals surface area (Å²) >= 11 is 0. The number of likely N-dealkylation sites (tertiary alicyclic amines) is 1. The van der Waals surface area contributed by atoms with Crippen molar-refractivity contribution in [3.63, 3.8) is 0 Å². The number of fused-ring (bicyclic) bond motifs is 1. The summed E-state index contributed by atoms with van der Waals surface area (Å²) in [6, 6.07) is 25.8. The summed E-state index contributed by atoms with van der Waals surface area (Å²) in [7, 11) is 0. The molecule has 0 spiro atoms. The molecule has 36 heavy (non-hydrogen) atoms. The van der Waals surface area contributed by atoms with Crippen molar-refractivity contribution < 1.29 is 19.4 Å². The number of nitrogens with one attached hydrogen (secondary N) is 1. The molecule has 0 aromatic heterocycles. The van der Waals surface area contributed by atoms with Gasteiger partial charge in [-0.2, -0.15) is 0 Å². The van der Waals surface area contributed by atoms with Crippen molar-refractivity contribution in [3.8, 4) is 16.9 Å². The predicted octanol–water partition coefficient (Wildman–Crippen LogP) is 5.23. The van der Waals surface area contributed by atoms with E-state index in [0.717, 1.165) is 60.6 Å². The molecule has 5 rings (SSSR count). The molecule has 3 atom stereocenters. The van der Waals surface area contributed by atoms with E-state index >= 15 is 0 Å². The predicted molar refractivity (Wildman–Crippen MR) is 141 cm³/mol. The lowest BCUT2D eigenvalue weighted by atomic mass is 10.0. The lowest BCUT2D eigenvalue weighted by Crippen LogP contribution is -2.29. The minimum atomic E-state index is -0.376. The number of nitrogens with zero attached hydrogens (tertiary/aromatic N) is 1. The van der Waals surface area contributed by atoms with Crippen molar-refractivity contribution in [3.05, 3.63) is 84.4 Å². The maximum absolute atomic E-state index is 12.7. The standard InChI is InChI=1S/C30H34N2O4/c33-16-14-22-10-12-26(13-11-22)35-17-15-32-20-24-18-27(19-25(24)21-32)36-30(34)31-29-9-5-4-8-28(29)23-6-2-1-3-7-23/h1-13,24-25,27,33H,14-21H2,(H,31,34)/t24-,25+,27+. The lowest BCUT2D eigenvalue weighted by Gasteiger charge is -2.20. The van der Waals surface area contributed by atoms with E-state index in [9.17, 15) is 4.79 Å². The Morgan fingerprint density at radius 1 is 0.917 bits per heavy atom. The number of carbonyl (C=O) groups is 1. The first-order chi connectivity index (χ1) is 17.7. The van der Waals surface area contributed by atoms with Crippen LogP contribution in [0.4, 0.5) is 10.5 Å². The largest absolute Gasteiger partial charge is 0.492 e. The number of aliphatic hydroxyl groups is 1. The molecular formula is C30H34N2O4. The van der Waals surface area contributed by atoms with Crippen molar-refractivity contribution in [2.24, 2.45) is 11.8 Å². The third kappa shape index (κ3) is 6.07. The van der Waals surface area contributed by atoms with E-state index in [2.05, 4.69) is 10.2 Å². The first-order valence-corrected chi connectivity index (χ1v) is 12.8. The van der Waals surface area contributed by atoms with Crippen molar-refractivity contribution in [1.82, 2.24) is 4.90 Å². The van der Waals surface area contributed by atoms with E-state index in [1.54, 1.807) is 0 Å². The number of benzene rings is 3. The molecule has 1 aliphatic heterocycles. The van der Waals surface area contributed by atoms with E-state index < -0.39 is 0 Å². The highest BCUT2D eigenvalue weighted by Crippen LogP contribution is 2.39. The van der Waals surface area contributed by atoms with Gasteiger partial charge >= 0.3 is 6.09 Å². The second kappa shape index (κ2) is 11.6. The molecule has 2 aliphatic rings. The van der Waals surface area contributed by atoms with Crippen molar-refractivity contribution in [1.29, 1.82) is 0 Å². The molecule has 1 heterocycles. The number of hydrogen-bond acceptors (Lipinski definition) is 5. The highest BCUT2D eigenvalue weighted by molar-refractivity contribution is 5.91. The van der Waals surface area contributed by atoms with Crippen LogP contribution in [0.2, 0.25) is 0 Å². The Bertz CT molecular complexity index is 1120. The van der Waals surface area contributed by atoms with Crippen LogP contribution in [0.3, 0.4) is 0 Å². The molecule has 1 amide bonds. The zero-order chi connectivity index (χ0) is 24.7.